The summed E-state index contributed by atoms with van der Waals surface area (Å²) in [7, 11) is 0. The Bertz CT molecular complexity index is 1040. The molecule has 0 saturated heterocycles. The van der Waals surface area contributed by atoms with Crippen LogP contribution in [0.4, 0.5) is 4.79 Å². The number of urea groups is 1. The first-order chi connectivity index (χ1) is 13.9. The molecule has 29 heavy (non-hydrogen) atoms. The molecule has 0 spiro atoms. The summed E-state index contributed by atoms with van der Waals surface area (Å²) in [4.78, 5) is 35.8. The highest BCUT2D eigenvalue weighted by atomic mass is 16.5. The van der Waals surface area contributed by atoms with Crippen molar-refractivity contribution in [3.8, 4) is 11.3 Å². The van der Waals surface area contributed by atoms with Crippen molar-refractivity contribution in [1.29, 1.82) is 0 Å². The van der Waals surface area contributed by atoms with Gasteiger partial charge in [0.15, 0.2) is 6.10 Å². The molecule has 3 N–H and O–H groups in total. The number of ether oxygens (including phenoxy) is 1. The fraction of sp³-hybridized carbons (Fsp3) is 0.227. The van der Waals surface area contributed by atoms with E-state index in [1.54, 1.807) is 13.8 Å². The molecule has 7 nitrogen and oxygen atoms in total. The lowest BCUT2D eigenvalue weighted by molar-refractivity contribution is -0.158. The van der Waals surface area contributed by atoms with Gasteiger partial charge in [-0.3, -0.25) is 14.9 Å². The summed E-state index contributed by atoms with van der Waals surface area (Å²) in [6, 6.07) is 18.5. The molecule has 3 amide bonds. The molecule has 150 valence electrons. The molecular formula is C22H23N3O4. The Labute approximate surface area is 168 Å². The molecule has 0 aliphatic carbocycles. The van der Waals surface area contributed by atoms with Gasteiger partial charge in [-0.15, -0.1) is 0 Å². The molecule has 1 heterocycles. The van der Waals surface area contributed by atoms with Crippen molar-refractivity contribution in [3.05, 3.63) is 60.7 Å². The summed E-state index contributed by atoms with van der Waals surface area (Å²) in [5.41, 5.74) is 7.71. The van der Waals surface area contributed by atoms with Crippen molar-refractivity contribution in [1.82, 2.24) is 9.88 Å². The minimum absolute atomic E-state index is 0.0786. The summed E-state index contributed by atoms with van der Waals surface area (Å²) in [6.07, 6.45) is -1.11. The lowest BCUT2D eigenvalue weighted by atomic mass is 10.1. The molecule has 0 bridgehead atoms. The van der Waals surface area contributed by atoms with E-state index in [4.69, 9.17) is 10.5 Å². The number of carbonyl (C=O) groups excluding carboxylic acids is 3. The second-order valence-corrected chi connectivity index (χ2v) is 7.05. The Balaban J connectivity index is 1.90. The second-order valence-electron chi connectivity index (χ2n) is 7.05. The third-order valence-electron chi connectivity index (χ3n) is 4.54. The number of rotatable bonds is 6. The topological polar surface area (TPSA) is 103 Å². The molecular weight excluding hydrogens is 370 g/mol. The van der Waals surface area contributed by atoms with E-state index in [9.17, 15) is 14.4 Å². The average molecular weight is 393 g/mol. The van der Waals surface area contributed by atoms with Crippen molar-refractivity contribution < 1.29 is 19.1 Å². The number of imide groups is 1. The van der Waals surface area contributed by atoms with Crippen LogP contribution >= 0.6 is 0 Å². The number of hydrogen-bond acceptors (Lipinski definition) is 4. The zero-order valence-corrected chi connectivity index (χ0v) is 16.3. The number of nitrogens with one attached hydrogen (secondary N) is 1. The predicted molar refractivity (Wildman–Crippen MR) is 110 cm³/mol. The van der Waals surface area contributed by atoms with Gasteiger partial charge in [0.2, 0.25) is 0 Å². The van der Waals surface area contributed by atoms with Gasteiger partial charge in [-0.05, 0) is 23.6 Å². The van der Waals surface area contributed by atoms with Crippen LogP contribution in [0.5, 0.6) is 0 Å². The summed E-state index contributed by atoms with van der Waals surface area (Å²) in [5, 5.41) is 2.96. The van der Waals surface area contributed by atoms with Crippen molar-refractivity contribution in [3.63, 3.8) is 0 Å². The highest BCUT2D eigenvalue weighted by molar-refractivity contribution is 5.97. The molecule has 0 fully saturated rings. The van der Waals surface area contributed by atoms with E-state index >= 15 is 0 Å². The molecule has 1 aromatic heterocycles. The minimum Gasteiger partial charge on any atom is -0.451 e. The van der Waals surface area contributed by atoms with Crippen LogP contribution in [0.3, 0.4) is 0 Å². The van der Waals surface area contributed by atoms with Crippen molar-refractivity contribution >= 4 is 28.8 Å². The van der Waals surface area contributed by atoms with Crippen LogP contribution < -0.4 is 11.1 Å². The lowest BCUT2D eigenvalue weighted by Gasteiger charge is -2.20. The smallest absolute Gasteiger partial charge is 0.326 e. The monoisotopic (exact) mass is 393 g/mol. The van der Waals surface area contributed by atoms with Gasteiger partial charge >= 0.3 is 12.0 Å². The van der Waals surface area contributed by atoms with Crippen LogP contribution in [0.2, 0.25) is 0 Å². The standard InChI is InChI=1S/C22H23N3O4/c1-14(2)20(21(27)24-22(23)28)29-19(26)13-25-17-11-7-6-10-16(17)12-18(25)15-8-4-3-5-9-15/h3-12,14,20H,13H2,1-2H3,(H3,23,24,27,28). The molecule has 0 saturated carbocycles. The first-order valence-corrected chi connectivity index (χ1v) is 9.30. The normalized spacial score (nSPS) is 12.0. The molecule has 7 heteroatoms. The van der Waals surface area contributed by atoms with Gasteiger partial charge in [0.25, 0.3) is 5.91 Å². The second kappa shape index (κ2) is 8.60. The van der Waals surface area contributed by atoms with Gasteiger partial charge in [0.05, 0.1) is 0 Å². The number of nitrogens with two attached hydrogens (primary N) is 1. The largest absolute Gasteiger partial charge is 0.451 e. The highest BCUT2D eigenvalue weighted by Gasteiger charge is 2.28. The maximum absolute atomic E-state index is 12.7. The van der Waals surface area contributed by atoms with Crippen LogP contribution in [0.15, 0.2) is 60.7 Å². The quantitative estimate of drug-likeness (QED) is 0.628. The Morgan fingerprint density at radius 1 is 1.03 bits per heavy atom. The molecule has 0 aliphatic rings. The molecule has 3 aromatic rings. The maximum atomic E-state index is 12.7. The summed E-state index contributed by atoms with van der Waals surface area (Å²) < 4.78 is 7.27. The van der Waals surface area contributed by atoms with Gasteiger partial charge in [0.1, 0.15) is 6.54 Å². The number of hydrogen-bond donors (Lipinski definition) is 2. The van der Waals surface area contributed by atoms with Crippen LogP contribution in [-0.4, -0.2) is 28.6 Å². The van der Waals surface area contributed by atoms with Crippen LogP contribution in [0, 0.1) is 5.92 Å². The minimum atomic E-state index is -1.11. The van der Waals surface area contributed by atoms with E-state index < -0.39 is 24.0 Å². The number of primary amides is 1. The molecule has 1 unspecified atom stereocenters. The lowest BCUT2D eigenvalue weighted by Crippen LogP contribution is -2.45. The van der Waals surface area contributed by atoms with Gasteiger partial charge in [-0.25, -0.2) is 4.79 Å². The zero-order valence-electron chi connectivity index (χ0n) is 16.3. The molecule has 0 aliphatic heterocycles. The maximum Gasteiger partial charge on any atom is 0.326 e. The Morgan fingerprint density at radius 3 is 2.34 bits per heavy atom. The Morgan fingerprint density at radius 2 is 1.69 bits per heavy atom. The molecule has 2 aromatic carbocycles. The number of carbonyl (C=O) groups is 3. The SMILES string of the molecule is CC(C)C(OC(=O)Cn1c(-c2ccccc2)cc2ccccc21)C(=O)NC(N)=O. The number of nitrogens with zero attached hydrogens (tertiary/aromatic N) is 1. The van der Waals surface area contributed by atoms with E-state index in [0.717, 1.165) is 22.2 Å². The number of aromatic nitrogens is 1. The third-order valence-corrected chi connectivity index (χ3v) is 4.54. The van der Waals surface area contributed by atoms with Gasteiger partial charge in [0, 0.05) is 16.6 Å². The number of amides is 3. The van der Waals surface area contributed by atoms with Crippen LogP contribution in [0.1, 0.15) is 13.8 Å². The third kappa shape index (κ3) is 4.63. The fourth-order valence-electron chi connectivity index (χ4n) is 3.22. The first kappa shape index (κ1) is 20.1. The summed E-state index contributed by atoms with van der Waals surface area (Å²) >= 11 is 0. The Hall–Kier alpha value is -3.61. The number of benzene rings is 2. The van der Waals surface area contributed by atoms with E-state index in [1.165, 1.54) is 0 Å². The van der Waals surface area contributed by atoms with Crippen LogP contribution in [0.25, 0.3) is 22.2 Å². The summed E-state index contributed by atoms with van der Waals surface area (Å²) in [6.45, 7) is 3.36. The van der Waals surface area contributed by atoms with E-state index in [2.05, 4.69) is 0 Å². The van der Waals surface area contributed by atoms with Crippen molar-refractivity contribution in [2.45, 2.75) is 26.5 Å². The highest BCUT2D eigenvalue weighted by Crippen LogP contribution is 2.28. The first-order valence-electron chi connectivity index (χ1n) is 9.30. The number of esters is 1. The fourth-order valence-corrected chi connectivity index (χ4v) is 3.22. The van der Waals surface area contributed by atoms with Gasteiger partial charge in [-0.1, -0.05) is 62.4 Å². The van der Waals surface area contributed by atoms with Crippen molar-refractivity contribution in [2.75, 3.05) is 0 Å². The van der Waals surface area contributed by atoms with E-state index in [1.807, 2.05) is 70.5 Å². The molecule has 3 rings (SSSR count). The van der Waals surface area contributed by atoms with Gasteiger partial charge < -0.3 is 15.0 Å². The predicted octanol–water partition coefficient (Wildman–Crippen LogP) is 3.07. The average Bonchev–Trinajstić information content (AvgIpc) is 3.04. The molecule has 0 radical (unpaired) electrons. The van der Waals surface area contributed by atoms with Gasteiger partial charge in [-0.2, -0.15) is 0 Å². The number of para-hydroxylation sites is 1. The van der Waals surface area contributed by atoms with E-state index in [-0.39, 0.29) is 12.5 Å². The van der Waals surface area contributed by atoms with Crippen molar-refractivity contribution in [2.24, 2.45) is 11.7 Å². The van der Waals surface area contributed by atoms with E-state index in [0.29, 0.717) is 0 Å². The summed E-state index contributed by atoms with van der Waals surface area (Å²) in [5.74, 6) is -1.64. The number of fused-ring (bicyclic) bond motifs is 1. The Kier molecular flexibility index (Phi) is 5.97. The molecule has 1 atom stereocenters. The van der Waals surface area contributed by atoms with Crippen LogP contribution in [-0.2, 0) is 20.9 Å². The zero-order chi connectivity index (χ0) is 21.0.